The first kappa shape index (κ1) is 20.2. The van der Waals surface area contributed by atoms with Crippen molar-refractivity contribution >= 4 is 17.5 Å². The number of aliphatic hydroxyl groups excluding tert-OH is 1. The highest BCUT2D eigenvalue weighted by Crippen LogP contribution is 2.28. The second-order valence-electron chi connectivity index (χ2n) is 6.08. The highest BCUT2D eigenvalue weighted by atomic mass is 32.2. The van der Waals surface area contributed by atoms with Crippen molar-refractivity contribution in [2.24, 2.45) is 0 Å². The van der Waals surface area contributed by atoms with Gasteiger partial charge >= 0.3 is 0 Å². The molecule has 28 heavy (non-hydrogen) atoms. The Morgan fingerprint density at radius 1 is 1.14 bits per heavy atom. The summed E-state index contributed by atoms with van der Waals surface area (Å²) in [4.78, 5) is 13.9. The molecule has 0 amide bonds. The lowest BCUT2D eigenvalue weighted by Gasteiger charge is -2.15. The second-order valence-corrected chi connectivity index (χ2v) is 6.96. The minimum absolute atomic E-state index is 0.114. The largest absolute Gasteiger partial charge is 0.388 e. The summed E-state index contributed by atoms with van der Waals surface area (Å²) in [6.07, 6.45) is 3.18. The van der Waals surface area contributed by atoms with E-state index in [-0.39, 0.29) is 18.0 Å². The molecule has 0 unspecified atom stereocenters. The number of aryl methyl sites for hydroxylation is 1. The second kappa shape index (κ2) is 8.62. The van der Waals surface area contributed by atoms with Crippen LogP contribution in [0.3, 0.4) is 0 Å². The van der Waals surface area contributed by atoms with Crippen molar-refractivity contribution in [3.05, 3.63) is 70.8 Å². The molecule has 3 rings (SSSR count). The van der Waals surface area contributed by atoms with Gasteiger partial charge in [0.25, 0.3) is 0 Å². The molecule has 8 heteroatoms. The Hall–Kier alpha value is -2.58. The van der Waals surface area contributed by atoms with Gasteiger partial charge in [-0.1, -0.05) is 13.0 Å². The number of rotatable bonds is 7. The zero-order valence-electron chi connectivity index (χ0n) is 15.4. The Bertz CT molecular complexity index is 1000. The molecule has 1 N–H and O–H groups in total. The van der Waals surface area contributed by atoms with Gasteiger partial charge in [0, 0.05) is 16.9 Å². The van der Waals surface area contributed by atoms with Crippen LogP contribution in [0.15, 0.2) is 41.3 Å². The zero-order chi connectivity index (χ0) is 20.3. The number of thioether (sulfide) groups is 1. The Kier molecular flexibility index (Phi) is 6.21. The monoisotopic (exact) mass is 403 g/mol. The molecule has 3 aromatic rings. The predicted octanol–water partition coefficient (Wildman–Crippen LogP) is 3.94. The van der Waals surface area contributed by atoms with Gasteiger partial charge in [-0.2, -0.15) is 0 Å². The maximum atomic E-state index is 14.3. The van der Waals surface area contributed by atoms with E-state index in [2.05, 4.69) is 10.2 Å². The molecule has 0 aliphatic heterocycles. The molecule has 0 radical (unpaired) electrons. The molecule has 0 aliphatic carbocycles. The lowest BCUT2D eigenvalue weighted by atomic mass is 10.00. The van der Waals surface area contributed by atoms with Gasteiger partial charge in [0.05, 0.1) is 11.3 Å². The normalized spacial score (nSPS) is 11.0. The molecule has 0 spiro atoms. The first-order valence-electron chi connectivity index (χ1n) is 8.72. The third-order valence-corrected chi connectivity index (χ3v) is 5.02. The van der Waals surface area contributed by atoms with Crippen molar-refractivity contribution in [3.63, 3.8) is 0 Å². The van der Waals surface area contributed by atoms with Crippen LogP contribution in [-0.4, -0.2) is 31.9 Å². The molecule has 0 saturated carbocycles. The zero-order valence-corrected chi connectivity index (χ0v) is 16.3. The topological polar surface area (TPSA) is 68.0 Å². The van der Waals surface area contributed by atoms with Crippen LogP contribution in [0.2, 0.25) is 0 Å². The lowest BCUT2D eigenvalue weighted by molar-refractivity contribution is 0.103. The number of ketones is 1. The van der Waals surface area contributed by atoms with Crippen LogP contribution in [0.25, 0.3) is 5.69 Å². The van der Waals surface area contributed by atoms with Gasteiger partial charge in [0.15, 0.2) is 5.82 Å². The SMILES string of the molecule is CCCc1nnc(CO)n1-c1ccc(SC)cc1C(=O)c1c(F)cccc1F. The fourth-order valence-electron chi connectivity index (χ4n) is 2.99. The number of nitrogens with zero attached hydrogens (tertiary/aromatic N) is 3. The minimum Gasteiger partial charge on any atom is -0.388 e. The van der Waals surface area contributed by atoms with Gasteiger partial charge in [-0.25, -0.2) is 8.78 Å². The number of hydrogen-bond donors (Lipinski definition) is 1. The van der Waals surface area contributed by atoms with E-state index in [4.69, 9.17) is 0 Å². The van der Waals surface area contributed by atoms with Crippen LogP contribution in [0.4, 0.5) is 8.78 Å². The van der Waals surface area contributed by atoms with Crippen molar-refractivity contribution in [2.45, 2.75) is 31.3 Å². The summed E-state index contributed by atoms with van der Waals surface area (Å²) in [5.74, 6) is -1.81. The van der Waals surface area contributed by atoms with E-state index < -0.39 is 23.0 Å². The first-order chi connectivity index (χ1) is 13.5. The fourth-order valence-corrected chi connectivity index (χ4v) is 3.43. The van der Waals surface area contributed by atoms with E-state index in [0.717, 1.165) is 23.4 Å². The molecule has 2 aromatic carbocycles. The molecule has 0 aliphatic rings. The Balaban J connectivity index is 2.26. The van der Waals surface area contributed by atoms with E-state index in [9.17, 15) is 18.7 Å². The summed E-state index contributed by atoms with van der Waals surface area (Å²) in [6, 6.07) is 8.38. The highest BCUT2D eigenvalue weighted by Gasteiger charge is 2.24. The highest BCUT2D eigenvalue weighted by molar-refractivity contribution is 7.98. The van der Waals surface area contributed by atoms with Gasteiger partial charge in [-0.3, -0.25) is 9.36 Å². The number of hydrogen-bond acceptors (Lipinski definition) is 5. The van der Waals surface area contributed by atoms with Crippen molar-refractivity contribution in [1.29, 1.82) is 0 Å². The van der Waals surface area contributed by atoms with E-state index in [1.54, 1.807) is 22.8 Å². The summed E-state index contributed by atoms with van der Waals surface area (Å²) in [6.45, 7) is 1.58. The van der Waals surface area contributed by atoms with Crippen LogP contribution in [0.5, 0.6) is 0 Å². The van der Waals surface area contributed by atoms with E-state index in [1.165, 1.54) is 17.8 Å². The smallest absolute Gasteiger partial charge is 0.201 e. The summed E-state index contributed by atoms with van der Waals surface area (Å²) in [7, 11) is 0. The lowest BCUT2D eigenvalue weighted by Crippen LogP contribution is -2.14. The standard InChI is InChI=1S/C20H19F2N3O2S/c1-3-5-17-23-24-18(11-26)25(17)16-9-8-12(28-2)10-13(16)20(27)19-14(21)6-4-7-15(19)22/h4,6-10,26H,3,5,11H2,1-2H3. The number of benzene rings is 2. The van der Waals surface area contributed by atoms with E-state index in [1.807, 2.05) is 13.2 Å². The summed E-state index contributed by atoms with van der Waals surface area (Å²) in [5.41, 5.74) is -0.122. The maximum absolute atomic E-state index is 14.3. The van der Waals surface area contributed by atoms with Crippen LogP contribution < -0.4 is 0 Å². The number of halogens is 2. The van der Waals surface area contributed by atoms with Gasteiger partial charge in [-0.05, 0) is 43.0 Å². The van der Waals surface area contributed by atoms with Crippen molar-refractivity contribution in [2.75, 3.05) is 6.26 Å². The van der Waals surface area contributed by atoms with Crippen molar-refractivity contribution < 1.29 is 18.7 Å². The van der Waals surface area contributed by atoms with Gasteiger partial charge < -0.3 is 5.11 Å². The third-order valence-electron chi connectivity index (χ3n) is 4.29. The molecular formula is C20H19F2N3O2S. The molecule has 0 fully saturated rings. The molecule has 1 aromatic heterocycles. The molecular weight excluding hydrogens is 384 g/mol. The Labute approximate surface area is 165 Å². The van der Waals surface area contributed by atoms with Gasteiger partial charge in [0.2, 0.25) is 5.78 Å². The van der Waals surface area contributed by atoms with E-state index >= 15 is 0 Å². The fraction of sp³-hybridized carbons (Fsp3) is 0.250. The molecule has 1 heterocycles. The maximum Gasteiger partial charge on any atom is 0.201 e. The third kappa shape index (κ3) is 3.70. The number of carbonyl (C=O) groups excluding carboxylic acids is 1. The van der Waals surface area contributed by atoms with Crippen molar-refractivity contribution in [3.8, 4) is 5.69 Å². The molecule has 5 nitrogen and oxygen atoms in total. The number of aromatic nitrogens is 3. The number of aliphatic hydroxyl groups is 1. The van der Waals surface area contributed by atoms with Crippen LogP contribution in [0.1, 0.15) is 40.9 Å². The minimum atomic E-state index is -0.926. The number of carbonyl (C=O) groups is 1. The molecule has 0 atom stereocenters. The summed E-state index contributed by atoms with van der Waals surface area (Å²) < 4.78 is 30.1. The Morgan fingerprint density at radius 3 is 2.43 bits per heavy atom. The van der Waals surface area contributed by atoms with Crippen LogP contribution in [0, 0.1) is 11.6 Å². The quantitative estimate of drug-likeness (QED) is 0.478. The van der Waals surface area contributed by atoms with Gasteiger partial charge in [-0.15, -0.1) is 22.0 Å². The van der Waals surface area contributed by atoms with E-state index in [0.29, 0.717) is 17.9 Å². The molecule has 0 bridgehead atoms. The Morgan fingerprint density at radius 2 is 1.82 bits per heavy atom. The first-order valence-corrected chi connectivity index (χ1v) is 9.95. The molecule has 146 valence electrons. The predicted molar refractivity (Wildman–Crippen MR) is 103 cm³/mol. The average Bonchev–Trinajstić information content (AvgIpc) is 3.10. The average molecular weight is 403 g/mol. The van der Waals surface area contributed by atoms with Gasteiger partial charge in [0.1, 0.15) is 24.1 Å². The summed E-state index contributed by atoms with van der Waals surface area (Å²) in [5, 5.41) is 17.7. The summed E-state index contributed by atoms with van der Waals surface area (Å²) >= 11 is 1.40. The van der Waals surface area contributed by atoms with Crippen molar-refractivity contribution in [1.82, 2.24) is 14.8 Å². The van der Waals surface area contributed by atoms with Crippen LogP contribution >= 0.6 is 11.8 Å². The molecule has 0 saturated heterocycles. The van der Waals surface area contributed by atoms with Crippen LogP contribution in [-0.2, 0) is 13.0 Å².